The van der Waals surface area contributed by atoms with Crippen LogP contribution in [0.5, 0.6) is 0 Å². The summed E-state index contributed by atoms with van der Waals surface area (Å²) in [5.41, 5.74) is 4.48. The van der Waals surface area contributed by atoms with E-state index in [-0.39, 0.29) is 0 Å². The Morgan fingerprint density at radius 1 is 0.818 bits per heavy atom. The van der Waals surface area contributed by atoms with E-state index in [9.17, 15) is 0 Å². The number of fused-ring (bicyclic) bond motifs is 7. The molecule has 0 bridgehead atoms. The van der Waals surface area contributed by atoms with Crippen LogP contribution >= 0.6 is 0 Å². The van der Waals surface area contributed by atoms with Gasteiger partial charge in [0, 0.05) is 17.0 Å². The first-order chi connectivity index (χ1) is 10.8. The van der Waals surface area contributed by atoms with Crippen molar-refractivity contribution in [3.8, 4) is 0 Å². The van der Waals surface area contributed by atoms with E-state index in [4.69, 9.17) is 4.98 Å². The molecule has 0 N–H and O–H groups in total. The van der Waals surface area contributed by atoms with Crippen LogP contribution < -0.4 is 0 Å². The zero-order chi connectivity index (χ0) is 14.7. The predicted octanol–water partition coefficient (Wildman–Crippen LogP) is 5.10. The predicted molar refractivity (Wildman–Crippen MR) is 92.4 cm³/mol. The minimum atomic E-state index is 1.04. The lowest BCUT2D eigenvalue weighted by molar-refractivity contribution is 1.18. The summed E-state index contributed by atoms with van der Waals surface area (Å²) < 4.78 is 2.29. The van der Waals surface area contributed by atoms with Crippen molar-refractivity contribution < 1.29 is 0 Å². The van der Waals surface area contributed by atoms with Crippen molar-refractivity contribution in [2.24, 2.45) is 0 Å². The standard InChI is InChI=1S/C20H14N2/c1-13-20-19-15(11-10-14-6-2-3-7-16(14)19)12-22(20)18-9-5-4-8-17(18)21-13/h2-12H,1H3. The summed E-state index contributed by atoms with van der Waals surface area (Å²) in [6, 6.07) is 21.3. The van der Waals surface area contributed by atoms with Crippen LogP contribution in [0, 0.1) is 6.92 Å². The molecule has 0 aliphatic rings. The molecule has 0 radical (unpaired) electrons. The number of aryl methyl sites for hydroxylation is 1. The first kappa shape index (κ1) is 11.8. The molecule has 5 rings (SSSR count). The maximum absolute atomic E-state index is 4.81. The molecule has 2 aromatic heterocycles. The van der Waals surface area contributed by atoms with Gasteiger partial charge in [-0.2, -0.15) is 0 Å². The summed E-state index contributed by atoms with van der Waals surface area (Å²) in [5, 5.41) is 5.13. The first-order valence-electron chi connectivity index (χ1n) is 7.51. The van der Waals surface area contributed by atoms with Crippen LogP contribution in [0.15, 0.2) is 66.9 Å². The summed E-state index contributed by atoms with van der Waals surface area (Å²) in [4.78, 5) is 4.81. The highest BCUT2D eigenvalue weighted by Crippen LogP contribution is 2.33. The molecule has 2 heteroatoms. The van der Waals surface area contributed by atoms with Crippen molar-refractivity contribution in [2.75, 3.05) is 0 Å². The lowest BCUT2D eigenvalue weighted by Gasteiger charge is -2.06. The van der Waals surface area contributed by atoms with Crippen LogP contribution in [0.4, 0.5) is 0 Å². The van der Waals surface area contributed by atoms with Gasteiger partial charge in [0.25, 0.3) is 0 Å². The van der Waals surface area contributed by atoms with E-state index < -0.39 is 0 Å². The second-order valence-corrected chi connectivity index (χ2v) is 5.78. The summed E-state index contributed by atoms with van der Waals surface area (Å²) in [7, 11) is 0. The van der Waals surface area contributed by atoms with Gasteiger partial charge in [0.05, 0.1) is 22.2 Å². The zero-order valence-corrected chi connectivity index (χ0v) is 12.2. The number of rotatable bonds is 0. The van der Waals surface area contributed by atoms with Crippen LogP contribution in [0.2, 0.25) is 0 Å². The fourth-order valence-corrected chi connectivity index (χ4v) is 3.53. The van der Waals surface area contributed by atoms with Crippen LogP contribution in [0.25, 0.3) is 38.1 Å². The molecule has 0 unspecified atom stereocenters. The molecule has 0 amide bonds. The smallest absolute Gasteiger partial charge is 0.0874 e. The molecular formula is C20H14N2. The highest BCUT2D eigenvalue weighted by atomic mass is 14.9. The Morgan fingerprint density at radius 3 is 2.55 bits per heavy atom. The average Bonchev–Trinajstić information content (AvgIpc) is 2.96. The molecule has 2 heterocycles. The zero-order valence-electron chi connectivity index (χ0n) is 12.2. The third-order valence-corrected chi connectivity index (χ3v) is 4.48. The van der Waals surface area contributed by atoms with E-state index in [1.807, 2.05) is 6.07 Å². The summed E-state index contributed by atoms with van der Waals surface area (Å²) in [6.07, 6.45) is 2.23. The van der Waals surface area contributed by atoms with Crippen molar-refractivity contribution in [3.05, 3.63) is 72.6 Å². The highest BCUT2D eigenvalue weighted by molar-refractivity contribution is 6.16. The monoisotopic (exact) mass is 282 g/mol. The van der Waals surface area contributed by atoms with Crippen molar-refractivity contribution in [1.29, 1.82) is 0 Å². The molecule has 0 aliphatic heterocycles. The Morgan fingerprint density at radius 2 is 1.59 bits per heavy atom. The normalized spacial score (nSPS) is 11.9. The third kappa shape index (κ3) is 1.41. The molecule has 22 heavy (non-hydrogen) atoms. The van der Waals surface area contributed by atoms with E-state index in [1.165, 1.54) is 27.1 Å². The van der Waals surface area contributed by atoms with E-state index in [1.54, 1.807) is 0 Å². The molecule has 2 nitrogen and oxygen atoms in total. The molecule has 0 fully saturated rings. The summed E-state index contributed by atoms with van der Waals surface area (Å²) >= 11 is 0. The van der Waals surface area contributed by atoms with Gasteiger partial charge in [-0.3, -0.25) is 0 Å². The molecule has 0 saturated heterocycles. The maximum atomic E-state index is 4.81. The van der Waals surface area contributed by atoms with Gasteiger partial charge in [0.15, 0.2) is 0 Å². The largest absolute Gasteiger partial charge is 0.312 e. The molecule has 5 aromatic rings. The topological polar surface area (TPSA) is 17.3 Å². The molecule has 0 aliphatic carbocycles. The lowest BCUT2D eigenvalue weighted by atomic mass is 10.0. The van der Waals surface area contributed by atoms with Gasteiger partial charge in [-0.05, 0) is 29.8 Å². The van der Waals surface area contributed by atoms with Crippen molar-refractivity contribution >= 4 is 38.1 Å². The van der Waals surface area contributed by atoms with E-state index >= 15 is 0 Å². The number of benzene rings is 3. The third-order valence-electron chi connectivity index (χ3n) is 4.48. The molecule has 3 aromatic carbocycles. The van der Waals surface area contributed by atoms with E-state index in [0.717, 1.165) is 16.7 Å². The number of nitrogens with zero attached hydrogens (tertiary/aromatic N) is 2. The van der Waals surface area contributed by atoms with Gasteiger partial charge in [-0.1, -0.05) is 48.5 Å². The van der Waals surface area contributed by atoms with Crippen LogP contribution in [-0.2, 0) is 0 Å². The fourth-order valence-electron chi connectivity index (χ4n) is 3.53. The second kappa shape index (κ2) is 4.08. The summed E-state index contributed by atoms with van der Waals surface area (Å²) in [5.74, 6) is 0. The van der Waals surface area contributed by atoms with Gasteiger partial charge < -0.3 is 4.40 Å². The van der Waals surface area contributed by atoms with E-state index in [2.05, 4.69) is 72.1 Å². The van der Waals surface area contributed by atoms with Gasteiger partial charge in [0.2, 0.25) is 0 Å². The van der Waals surface area contributed by atoms with Gasteiger partial charge in [-0.25, -0.2) is 4.98 Å². The Bertz CT molecular complexity index is 1180. The van der Waals surface area contributed by atoms with Gasteiger partial charge in [0.1, 0.15) is 0 Å². The fraction of sp³-hybridized carbons (Fsp3) is 0.0500. The van der Waals surface area contributed by atoms with E-state index in [0.29, 0.717) is 0 Å². The van der Waals surface area contributed by atoms with Crippen LogP contribution in [0.3, 0.4) is 0 Å². The Hall–Kier alpha value is -2.87. The molecule has 104 valence electrons. The SMILES string of the molecule is Cc1nc2ccccc2n2cc3ccc4ccccc4c3c12. The quantitative estimate of drug-likeness (QED) is 0.386. The molecule has 0 atom stereocenters. The van der Waals surface area contributed by atoms with Gasteiger partial charge >= 0.3 is 0 Å². The van der Waals surface area contributed by atoms with Crippen LogP contribution in [0.1, 0.15) is 5.69 Å². The minimum absolute atomic E-state index is 1.04. The average molecular weight is 282 g/mol. The molecular weight excluding hydrogens is 268 g/mol. The van der Waals surface area contributed by atoms with Crippen molar-refractivity contribution in [2.45, 2.75) is 6.92 Å². The second-order valence-electron chi connectivity index (χ2n) is 5.78. The lowest BCUT2D eigenvalue weighted by Crippen LogP contribution is -1.93. The van der Waals surface area contributed by atoms with Crippen molar-refractivity contribution in [3.63, 3.8) is 0 Å². The molecule has 0 spiro atoms. The maximum Gasteiger partial charge on any atom is 0.0874 e. The molecule has 0 saturated carbocycles. The number of aromatic nitrogens is 2. The minimum Gasteiger partial charge on any atom is -0.312 e. The van der Waals surface area contributed by atoms with Gasteiger partial charge in [-0.15, -0.1) is 0 Å². The summed E-state index contributed by atoms with van der Waals surface area (Å²) in [6.45, 7) is 2.10. The number of para-hydroxylation sites is 2. The number of hydrogen-bond donors (Lipinski definition) is 0. The first-order valence-corrected chi connectivity index (χ1v) is 7.51. The Labute approximate surface area is 127 Å². The Kier molecular flexibility index (Phi) is 2.18. The Balaban J connectivity index is 2.15. The number of hydrogen-bond acceptors (Lipinski definition) is 1. The van der Waals surface area contributed by atoms with Crippen molar-refractivity contribution in [1.82, 2.24) is 9.38 Å². The van der Waals surface area contributed by atoms with Crippen LogP contribution in [-0.4, -0.2) is 9.38 Å². The highest BCUT2D eigenvalue weighted by Gasteiger charge is 2.12.